The maximum Gasteiger partial charge on any atom is 0.280 e. The van der Waals surface area contributed by atoms with Crippen LogP contribution in [0.5, 0.6) is 5.75 Å². The molecule has 0 saturated carbocycles. The molecule has 0 aliphatic carbocycles. The van der Waals surface area contributed by atoms with Crippen molar-refractivity contribution in [1.29, 1.82) is 5.26 Å². The molecule has 14 heavy (non-hydrogen) atoms. The van der Waals surface area contributed by atoms with Crippen molar-refractivity contribution >= 4 is 11.6 Å². The molecule has 0 radical (unpaired) electrons. The highest BCUT2D eigenvalue weighted by Gasteiger charge is 2.17. The average molecular weight is 219 g/mol. The fraction of sp³-hybridized carbons (Fsp3) is 0.250. The summed E-state index contributed by atoms with van der Waals surface area (Å²) in [4.78, 5) is 3.32. The van der Waals surface area contributed by atoms with Crippen molar-refractivity contribution in [2.24, 2.45) is 0 Å². The molecule has 0 aliphatic heterocycles. The zero-order chi connectivity index (χ0) is 10.7. The molecular formula is C8H5ClF2N2O. The van der Waals surface area contributed by atoms with Gasteiger partial charge in [-0.25, -0.2) is 13.8 Å². The Morgan fingerprint density at radius 2 is 2.29 bits per heavy atom. The van der Waals surface area contributed by atoms with Gasteiger partial charge < -0.3 is 5.11 Å². The standard InChI is InChI=1S/C8H5ClF2N2O/c9-2-4-1-6(14)5(3-12)13-7(4)8(10)11/h1,8,14H,2H2. The highest BCUT2D eigenvalue weighted by Crippen LogP contribution is 2.27. The van der Waals surface area contributed by atoms with E-state index in [1.165, 1.54) is 6.07 Å². The van der Waals surface area contributed by atoms with Crippen molar-refractivity contribution in [3.8, 4) is 11.8 Å². The predicted octanol–water partition coefficient (Wildman–Crippen LogP) is 2.34. The van der Waals surface area contributed by atoms with Crippen molar-refractivity contribution in [2.45, 2.75) is 12.3 Å². The molecule has 0 fully saturated rings. The number of rotatable bonds is 2. The smallest absolute Gasteiger partial charge is 0.280 e. The second kappa shape index (κ2) is 4.20. The molecule has 1 N–H and O–H groups in total. The van der Waals surface area contributed by atoms with Crippen molar-refractivity contribution in [3.05, 3.63) is 23.0 Å². The Labute approximate surface area is 83.6 Å². The molecule has 1 heterocycles. The van der Waals surface area contributed by atoms with Crippen molar-refractivity contribution in [1.82, 2.24) is 4.98 Å². The molecule has 0 aliphatic rings. The molecular weight excluding hydrogens is 214 g/mol. The van der Waals surface area contributed by atoms with Crippen LogP contribution in [0.3, 0.4) is 0 Å². The Morgan fingerprint density at radius 3 is 2.71 bits per heavy atom. The SMILES string of the molecule is N#Cc1nc(C(F)F)c(CCl)cc1O. The summed E-state index contributed by atoms with van der Waals surface area (Å²) in [6.45, 7) is 0. The molecule has 1 rings (SSSR count). The first-order valence-electron chi connectivity index (χ1n) is 3.57. The van der Waals surface area contributed by atoms with Crippen molar-refractivity contribution in [3.63, 3.8) is 0 Å². The van der Waals surface area contributed by atoms with Crippen molar-refractivity contribution < 1.29 is 13.9 Å². The highest BCUT2D eigenvalue weighted by molar-refractivity contribution is 6.17. The normalized spacial score (nSPS) is 10.2. The van der Waals surface area contributed by atoms with Crippen molar-refractivity contribution in [2.75, 3.05) is 0 Å². The van der Waals surface area contributed by atoms with Crippen LogP contribution in [0.1, 0.15) is 23.4 Å². The van der Waals surface area contributed by atoms with E-state index in [1.807, 2.05) is 0 Å². The first-order valence-corrected chi connectivity index (χ1v) is 4.10. The highest BCUT2D eigenvalue weighted by atomic mass is 35.5. The van der Waals surface area contributed by atoms with Crippen LogP contribution >= 0.6 is 11.6 Å². The minimum absolute atomic E-state index is 0.0261. The number of halogens is 3. The number of alkyl halides is 3. The van der Waals surface area contributed by atoms with E-state index in [0.717, 1.165) is 6.07 Å². The summed E-state index contributed by atoms with van der Waals surface area (Å²) in [7, 11) is 0. The minimum Gasteiger partial charge on any atom is -0.505 e. The molecule has 1 aromatic rings. The number of nitrogens with zero attached hydrogens (tertiary/aromatic N) is 2. The Balaban J connectivity index is 3.34. The third-order valence-electron chi connectivity index (χ3n) is 1.57. The third kappa shape index (κ3) is 1.91. The third-order valence-corrected chi connectivity index (χ3v) is 1.86. The van der Waals surface area contributed by atoms with Crippen LogP contribution in [0.25, 0.3) is 0 Å². The Hall–Kier alpha value is -1.41. The zero-order valence-electron chi connectivity index (χ0n) is 6.84. The van der Waals surface area contributed by atoms with Gasteiger partial charge in [0.05, 0.1) is 0 Å². The quantitative estimate of drug-likeness (QED) is 0.775. The van der Waals surface area contributed by atoms with Gasteiger partial charge >= 0.3 is 0 Å². The second-order valence-electron chi connectivity index (χ2n) is 2.45. The van der Waals surface area contributed by atoms with Gasteiger partial charge in [-0.1, -0.05) is 0 Å². The van der Waals surface area contributed by atoms with Gasteiger partial charge in [-0.2, -0.15) is 5.26 Å². The second-order valence-corrected chi connectivity index (χ2v) is 2.71. The molecule has 0 unspecified atom stereocenters. The van der Waals surface area contributed by atoms with E-state index in [0.29, 0.717) is 0 Å². The summed E-state index contributed by atoms with van der Waals surface area (Å²) in [6, 6.07) is 2.53. The number of aromatic nitrogens is 1. The summed E-state index contributed by atoms with van der Waals surface area (Å²) < 4.78 is 24.7. The molecule has 0 spiro atoms. The summed E-state index contributed by atoms with van der Waals surface area (Å²) >= 11 is 5.38. The molecule has 1 aromatic heterocycles. The topological polar surface area (TPSA) is 56.9 Å². The number of hydrogen-bond acceptors (Lipinski definition) is 3. The fourth-order valence-corrected chi connectivity index (χ4v) is 1.15. The van der Waals surface area contributed by atoms with E-state index in [-0.39, 0.29) is 11.4 Å². The van der Waals surface area contributed by atoms with Gasteiger partial charge in [0.2, 0.25) is 0 Å². The van der Waals surface area contributed by atoms with Crippen LogP contribution in [-0.2, 0) is 5.88 Å². The summed E-state index contributed by atoms with van der Waals surface area (Å²) in [5.41, 5.74) is -0.957. The van der Waals surface area contributed by atoms with Crippen LogP contribution in [-0.4, -0.2) is 10.1 Å². The van der Waals surface area contributed by atoms with Crippen LogP contribution in [0.15, 0.2) is 6.07 Å². The van der Waals surface area contributed by atoms with E-state index in [9.17, 15) is 8.78 Å². The Kier molecular flexibility index (Phi) is 3.20. The van der Waals surface area contributed by atoms with E-state index < -0.39 is 23.6 Å². The monoisotopic (exact) mass is 218 g/mol. The molecule has 0 bridgehead atoms. The molecule has 0 saturated heterocycles. The van der Waals surface area contributed by atoms with Gasteiger partial charge in [0, 0.05) is 5.88 Å². The molecule has 74 valence electrons. The van der Waals surface area contributed by atoms with Gasteiger partial charge in [0.1, 0.15) is 11.8 Å². The lowest BCUT2D eigenvalue weighted by atomic mass is 10.2. The lowest BCUT2D eigenvalue weighted by Gasteiger charge is -2.06. The largest absolute Gasteiger partial charge is 0.505 e. The molecule has 6 heteroatoms. The maximum atomic E-state index is 12.4. The first-order chi connectivity index (χ1) is 6.60. The van der Waals surface area contributed by atoms with Crippen LogP contribution < -0.4 is 0 Å². The number of hydrogen-bond donors (Lipinski definition) is 1. The Morgan fingerprint density at radius 1 is 1.64 bits per heavy atom. The van der Waals surface area contributed by atoms with E-state index >= 15 is 0 Å². The molecule has 0 atom stereocenters. The lowest BCUT2D eigenvalue weighted by molar-refractivity contribution is 0.145. The van der Waals surface area contributed by atoms with E-state index in [2.05, 4.69) is 4.98 Å². The Bertz CT molecular complexity index is 390. The summed E-state index contributed by atoms with van der Waals surface area (Å²) in [5.74, 6) is -0.626. The summed E-state index contributed by atoms with van der Waals surface area (Å²) in [6.07, 6.45) is -2.81. The van der Waals surface area contributed by atoms with Gasteiger partial charge in [0.15, 0.2) is 11.4 Å². The first kappa shape index (κ1) is 10.7. The fourth-order valence-electron chi connectivity index (χ4n) is 0.935. The average Bonchev–Trinajstić information content (AvgIpc) is 2.16. The van der Waals surface area contributed by atoms with Crippen LogP contribution in [0.4, 0.5) is 8.78 Å². The minimum atomic E-state index is -2.81. The maximum absolute atomic E-state index is 12.4. The predicted molar refractivity (Wildman–Crippen MR) is 45.1 cm³/mol. The lowest BCUT2D eigenvalue weighted by Crippen LogP contribution is -1.99. The zero-order valence-corrected chi connectivity index (χ0v) is 7.59. The van der Waals surface area contributed by atoms with Gasteiger partial charge in [-0.05, 0) is 11.6 Å². The van der Waals surface area contributed by atoms with Gasteiger partial charge in [-0.3, -0.25) is 0 Å². The summed E-state index contributed by atoms with van der Waals surface area (Å²) in [5, 5.41) is 17.6. The molecule has 3 nitrogen and oxygen atoms in total. The molecule has 0 amide bonds. The number of pyridine rings is 1. The van der Waals surface area contributed by atoms with Crippen LogP contribution in [0, 0.1) is 11.3 Å². The number of aromatic hydroxyl groups is 1. The van der Waals surface area contributed by atoms with Gasteiger partial charge in [0.25, 0.3) is 6.43 Å². The van der Waals surface area contributed by atoms with E-state index in [1.54, 1.807) is 0 Å². The number of nitriles is 1. The van der Waals surface area contributed by atoms with Crippen LogP contribution in [0.2, 0.25) is 0 Å². The molecule has 0 aromatic carbocycles. The van der Waals surface area contributed by atoms with Gasteiger partial charge in [-0.15, -0.1) is 11.6 Å². The van der Waals surface area contributed by atoms with E-state index in [4.69, 9.17) is 22.0 Å².